The van der Waals surface area contributed by atoms with Gasteiger partial charge in [-0.15, -0.1) is 0 Å². The average molecular weight is 373 g/mol. The first-order valence-electron chi connectivity index (χ1n) is 8.98. The molecule has 138 valence electrons. The fraction of sp³-hybridized carbons (Fsp3) is 0.400. The van der Waals surface area contributed by atoms with Crippen molar-refractivity contribution in [3.8, 4) is 11.3 Å². The van der Waals surface area contributed by atoms with Crippen molar-refractivity contribution >= 4 is 17.2 Å². The molecule has 1 N–H and O–H groups in total. The van der Waals surface area contributed by atoms with E-state index >= 15 is 0 Å². The van der Waals surface area contributed by atoms with Gasteiger partial charge in [-0.05, 0) is 50.7 Å². The molecule has 0 aliphatic heterocycles. The predicted molar refractivity (Wildman–Crippen MR) is 106 cm³/mol. The van der Waals surface area contributed by atoms with E-state index in [0.29, 0.717) is 11.4 Å². The SMILES string of the molecule is CCN(CC)C(O)Cc1c(-c2ccc(Cl)cc2)nc2c(C)cc(C)nn12. The van der Waals surface area contributed by atoms with E-state index in [1.165, 1.54) is 0 Å². The van der Waals surface area contributed by atoms with Crippen LogP contribution >= 0.6 is 11.6 Å². The normalized spacial score (nSPS) is 12.9. The molecular weight excluding hydrogens is 348 g/mol. The number of hydrogen-bond donors (Lipinski definition) is 1. The molecule has 5 nitrogen and oxygen atoms in total. The quantitative estimate of drug-likeness (QED) is 0.667. The molecule has 0 fully saturated rings. The number of likely N-dealkylation sites (N-methyl/N-ethyl adjacent to an activating group) is 1. The van der Waals surface area contributed by atoms with Crippen LogP contribution in [0.2, 0.25) is 5.02 Å². The summed E-state index contributed by atoms with van der Waals surface area (Å²) in [5.41, 5.74) is 5.54. The standard InChI is InChI=1S/C20H25ClN4O/c1-5-24(6-2)18(26)12-17-19(15-7-9-16(21)10-8-15)22-20-13(3)11-14(4)23-25(17)20/h7-11,18,26H,5-6,12H2,1-4H3. The molecule has 0 aliphatic rings. The molecule has 1 aromatic carbocycles. The number of aromatic nitrogens is 3. The molecule has 0 aliphatic carbocycles. The van der Waals surface area contributed by atoms with Gasteiger partial charge in [0.1, 0.15) is 6.23 Å². The van der Waals surface area contributed by atoms with Crippen molar-refractivity contribution in [1.82, 2.24) is 19.5 Å². The summed E-state index contributed by atoms with van der Waals surface area (Å²) in [4.78, 5) is 6.87. The lowest BCUT2D eigenvalue weighted by atomic mass is 10.1. The van der Waals surface area contributed by atoms with Crippen molar-refractivity contribution in [2.45, 2.75) is 40.3 Å². The number of fused-ring (bicyclic) bond motifs is 1. The van der Waals surface area contributed by atoms with E-state index in [2.05, 4.69) is 5.10 Å². The third-order valence-electron chi connectivity index (χ3n) is 4.71. The average Bonchev–Trinajstić information content (AvgIpc) is 2.95. The predicted octanol–water partition coefficient (Wildman–Crippen LogP) is 3.87. The Morgan fingerprint density at radius 2 is 1.81 bits per heavy atom. The molecule has 2 heterocycles. The third kappa shape index (κ3) is 3.61. The van der Waals surface area contributed by atoms with E-state index in [-0.39, 0.29) is 0 Å². The van der Waals surface area contributed by atoms with Crippen molar-refractivity contribution in [1.29, 1.82) is 0 Å². The Hall–Kier alpha value is -1.95. The van der Waals surface area contributed by atoms with Crippen molar-refractivity contribution in [2.24, 2.45) is 0 Å². The molecule has 2 aromatic heterocycles. The molecule has 0 radical (unpaired) electrons. The minimum absolute atomic E-state index is 0.455. The lowest BCUT2D eigenvalue weighted by Gasteiger charge is -2.25. The summed E-state index contributed by atoms with van der Waals surface area (Å²) in [7, 11) is 0. The number of hydrogen-bond acceptors (Lipinski definition) is 4. The Morgan fingerprint density at radius 1 is 1.15 bits per heavy atom. The minimum atomic E-state index is -0.585. The summed E-state index contributed by atoms with van der Waals surface area (Å²) in [6.45, 7) is 9.68. The number of benzene rings is 1. The smallest absolute Gasteiger partial charge is 0.157 e. The zero-order valence-electron chi connectivity index (χ0n) is 15.7. The second-order valence-electron chi connectivity index (χ2n) is 6.52. The summed E-state index contributed by atoms with van der Waals surface area (Å²) in [5.74, 6) is 0. The van der Waals surface area contributed by atoms with Crippen LogP contribution in [0.15, 0.2) is 30.3 Å². The van der Waals surface area contributed by atoms with E-state index in [1.54, 1.807) is 0 Å². The molecule has 0 amide bonds. The Morgan fingerprint density at radius 3 is 2.42 bits per heavy atom. The maximum absolute atomic E-state index is 10.7. The largest absolute Gasteiger partial charge is 0.378 e. The van der Waals surface area contributed by atoms with E-state index in [0.717, 1.165) is 46.9 Å². The first-order chi connectivity index (χ1) is 12.4. The number of aryl methyl sites for hydroxylation is 2. The number of aliphatic hydroxyl groups excluding tert-OH is 1. The molecule has 1 atom stereocenters. The maximum Gasteiger partial charge on any atom is 0.157 e. The highest BCUT2D eigenvalue weighted by molar-refractivity contribution is 6.30. The van der Waals surface area contributed by atoms with Crippen LogP contribution in [0.1, 0.15) is 30.8 Å². The highest BCUT2D eigenvalue weighted by Gasteiger charge is 2.22. The third-order valence-corrected chi connectivity index (χ3v) is 4.96. The molecule has 3 rings (SSSR count). The van der Waals surface area contributed by atoms with Gasteiger partial charge in [-0.2, -0.15) is 5.10 Å². The van der Waals surface area contributed by atoms with Gasteiger partial charge in [-0.3, -0.25) is 4.90 Å². The molecule has 0 saturated carbocycles. The number of nitrogens with zero attached hydrogens (tertiary/aromatic N) is 4. The van der Waals surface area contributed by atoms with Crippen LogP contribution < -0.4 is 0 Å². The molecular formula is C20H25ClN4O. The van der Waals surface area contributed by atoms with E-state index in [4.69, 9.17) is 16.6 Å². The van der Waals surface area contributed by atoms with Crippen LogP contribution in [-0.4, -0.2) is 43.9 Å². The van der Waals surface area contributed by atoms with Gasteiger partial charge in [0.05, 0.1) is 17.1 Å². The second-order valence-corrected chi connectivity index (χ2v) is 6.96. The Kier molecular flexibility index (Phi) is 5.61. The van der Waals surface area contributed by atoms with Gasteiger partial charge in [0.15, 0.2) is 5.65 Å². The summed E-state index contributed by atoms with van der Waals surface area (Å²) >= 11 is 6.04. The highest BCUT2D eigenvalue weighted by Crippen LogP contribution is 2.28. The van der Waals surface area contributed by atoms with Gasteiger partial charge >= 0.3 is 0 Å². The molecule has 6 heteroatoms. The Bertz CT molecular complexity index is 900. The summed E-state index contributed by atoms with van der Waals surface area (Å²) < 4.78 is 1.88. The monoisotopic (exact) mass is 372 g/mol. The van der Waals surface area contributed by atoms with Crippen molar-refractivity contribution in [2.75, 3.05) is 13.1 Å². The molecule has 1 unspecified atom stereocenters. The van der Waals surface area contributed by atoms with Crippen molar-refractivity contribution in [3.05, 3.63) is 52.3 Å². The zero-order chi connectivity index (χ0) is 18.8. The molecule has 26 heavy (non-hydrogen) atoms. The van der Waals surface area contributed by atoms with Gasteiger partial charge in [-0.25, -0.2) is 9.50 Å². The molecule has 3 aromatic rings. The summed E-state index contributed by atoms with van der Waals surface area (Å²) in [6, 6.07) is 9.66. The first-order valence-corrected chi connectivity index (χ1v) is 9.36. The molecule has 0 saturated heterocycles. The summed E-state index contributed by atoms with van der Waals surface area (Å²) in [5, 5.41) is 16.1. The highest BCUT2D eigenvalue weighted by atomic mass is 35.5. The molecule has 0 spiro atoms. The van der Waals surface area contributed by atoms with Crippen LogP contribution in [0, 0.1) is 13.8 Å². The van der Waals surface area contributed by atoms with E-state index < -0.39 is 6.23 Å². The first kappa shape index (κ1) is 18.8. The Balaban J connectivity index is 2.16. The lowest BCUT2D eigenvalue weighted by Crippen LogP contribution is -2.36. The topological polar surface area (TPSA) is 53.7 Å². The van der Waals surface area contributed by atoms with E-state index in [9.17, 15) is 5.11 Å². The van der Waals surface area contributed by atoms with Crippen LogP contribution in [0.4, 0.5) is 0 Å². The summed E-state index contributed by atoms with van der Waals surface area (Å²) in [6.07, 6.45) is -0.130. The Labute approximate surface area is 159 Å². The fourth-order valence-electron chi connectivity index (χ4n) is 3.34. The van der Waals surface area contributed by atoms with Crippen LogP contribution in [-0.2, 0) is 6.42 Å². The molecule has 0 bridgehead atoms. The van der Waals surface area contributed by atoms with Crippen molar-refractivity contribution in [3.63, 3.8) is 0 Å². The number of aliphatic hydroxyl groups is 1. The van der Waals surface area contributed by atoms with Crippen LogP contribution in [0.5, 0.6) is 0 Å². The number of rotatable bonds is 6. The minimum Gasteiger partial charge on any atom is -0.378 e. The van der Waals surface area contributed by atoms with Gasteiger partial charge < -0.3 is 5.11 Å². The van der Waals surface area contributed by atoms with Gasteiger partial charge in [0.25, 0.3) is 0 Å². The number of halogens is 1. The zero-order valence-corrected chi connectivity index (χ0v) is 16.5. The van der Waals surface area contributed by atoms with Gasteiger partial charge in [-0.1, -0.05) is 37.6 Å². The van der Waals surface area contributed by atoms with E-state index in [1.807, 2.05) is 67.4 Å². The van der Waals surface area contributed by atoms with Crippen LogP contribution in [0.25, 0.3) is 16.9 Å². The van der Waals surface area contributed by atoms with Gasteiger partial charge in [0.2, 0.25) is 0 Å². The maximum atomic E-state index is 10.7. The fourth-order valence-corrected chi connectivity index (χ4v) is 3.47. The van der Waals surface area contributed by atoms with Crippen molar-refractivity contribution < 1.29 is 5.11 Å². The van der Waals surface area contributed by atoms with Gasteiger partial charge in [0, 0.05) is 17.0 Å². The lowest BCUT2D eigenvalue weighted by molar-refractivity contribution is 0.0106. The number of imidazole rings is 1. The van der Waals surface area contributed by atoms with Crippen LogP contribution in [0.3, 0.4) is 0 Å². The second kappa shape index (κ2) is 7.74.